The average Bonchev–Trinajstić information content (AvgIpc) is 2.74. The van der Waals surface area contributed by atoms with Crippen molar-refractivity contribution in [1.29, 1.82) is 0 Å². The van der Waals surface area contributed by atoms with Gasteiger partial charge in [0.1, 0.15) is 23.9 Å². The highest BCUT2D eigenvalue weighted by atomic mass is 19.1. The number of ether oxygens (including phenoxy) is 1. The SMILES string of the molecule is CC#CCOc1ccc(C(=O)Cc2ccc(F)c(C3(C)CC(=O)N(C)C(N)=N3)c2)nc1. The molecule has 2 heterocycles. The smallest absolute Gasteiger partial charge is 0.231 e. The van der Waals surface area contributed by atoms with E-state index < -0.39 is 11.4 Å². The lowest BCUT2D eigenvalue weighted by Crippen LogP contribution is -2.47. The minimum absolute atomic E-state index is 0.0188. The summed E-state index contributed by atoms with van der Waals surface area (Å²) >= 11 is 0. The molecule has 31 heavy (non-hydrogen) atoms. The average molecular weight is 422 g/mol. The Hall–Kier alpha value is -3.73. The van der Waals surface area contributed by atoms with Gasteiger partial charge in [-0.05, 0) is 43.7 Å². The second-order valence-electron chi connectivity index (χ2n) is 7.38. The Morgan fingerprint density at radius 1 is 1.35 bits per heavy atom. The summed E-state index contributed by atoms with van der Waals surface area (Å²) in [5.74, 6) is 5.04. The van der Waals surface area contributed by atoms with Crippen LogP contribution in [0, 0.1) is 17.7 Å². The quantitative estimate of drug-likeness (QED) is 0.570. The van der Waals surface area contributed by atoms with Gasteiger partial charge in [0.15, 0.2) is 11.7 Å². The zero-order chi connectivity index (χ0) is 22.6. The van der Waals surface area contributed by atoms with Crippen molar-refractivity contribution in [3.63, 3.8) is 0 Å². The number of pyridine rings is 1. The molecule has 8 heteroatoms. The van der Waals surface area contributed by atoms with Crippen LogP contribution in [0.25, 0.3) is 0 Å². The van der Waals surface area contributed by atoms with Crippen LogP contribution < -0.4 is 10.5 Å². The summed E-state index contributed by atoms with van der Waals surface area (Å²) in [5.41, 5.74) is 5.76. The Kier molecular flexibility index (Phi) is 6.35. The minimum atomic E-state index is -1.14. The maximum atomic E-state index is 14.6. The first-order chi connectivity index (χ1) is 14.7. The molecule has 1 amide bonds. The lowest BCUT2D eigenvalue weighted by atomic mass is 9.85. The third kappa shape index (κ3) is 4.89. The van der Waals surface area contributed by atoms with E-state index in [9.17, 15) is 14.0 Å². The number of nitrogens with zero attached hydrogens (tertiary/aromatic N) is 3. The number of hydrogen-bond acceptors (Lipinski definition) is 6. The summed E-state index contributed by atoms with van der Waals surface area (Å²) in [7, 11) is 1.52. The predicted molar refractivity (Wildman–Crippen MR) is 114 cm³/mol. The monoisotopic (exact) mass is 422 g/mol. The molecule has 0 bridgehead atoms. The third-order valence-corrected chi connectivity index (χ3v) is 5.06. The molecule has 0 fully saturated rings. The lowest BCUT2D eigenvalue weighted by Gasteiger charge is -2.34. The summed E-state index contributed by atoms with van der Waals surface area (Å²) in [5, 5.41) is 0. The lowest BCUT2D eigenvalue weighted by molar-refractivity contribution is -0.128. The molecule has 1 aromatic heterocycles. The number of aliphatic imine (C=N–C) groups is 1. The highest BCUT2D eigenvalue weighted by Gasteiger charge is 2.38. The van der Waals surface area contributed by atoms with Crippen molar-refractivity contribution in [2.75, 3.05) is 13.7 Å². The van der Waals surface area contributed by atoms with Crippen molar-refractivity contribution in [3.05, 3.63) is 59.2 Å². The molecule has 1 aromatic carbocycles. The van der Waals surface area contributed by atoms with E-state index in [0.717, 1.165) is 0 Å². The van der Waals surface area contributed by atoms with E-state index in [0.29, 0.717) is 11.3 Å². The summed E-state index contributed by atoms with van der Waals surface area (Å²) in [4.78, 5) is 34.6. The molecule has 0 saturated heterocycles. The number of carbonyl (C=O) groups excluding carboxylic acids is 2. The number of ketones is 1. The van der Waals surface area contributed by atoms with Crippen molar-refractivity contribution < 1.29 is 18.7 Å². The Morgan fingerprint density at radius 3 is 2.77 bits per heavy atom. The van der Waals surface area contributed by atoms with Crippen molar-refractivity contribution in [3.8, 4) is 17.6 Å². The topological polar surface area (TPSA) is 97.9 Å². The van der Waals surface area contributed by atoms with Crippen LogP contribution in [0.15, 0.2) is 41.5 Å². The molecule has 0 radical (unpaired) electrons. The van der Waals surface area contributed by atoms with Crippen molar-refractivity contribution >= 4 is 17.6 Å². The first-order valence-corrected chi connectivity index (χ1v) is 9.66. The van der Waals surface area contributed by atoms with Gasteiger partial charge in [-0.15, -0.1) is 5.92 Å². The van der Waals surface area contributed by atoms with Gasteiger partial charge in [-0.3, -0.25) is 14.5 Å². The number of carbonyl (C=O) groups is 2. The van der Waals surface area contributed by atoms with Crippen molar-refractivity contribution in [2.45, 2.75) is 32.2 Å². The third-order valence-electron chi connectivity index (χ3n) is 5.06. The molecule has 2 aromatic rings. The number of guanidine groups is 1. The molecular weight excluding hydrogens is 399 g/mol. The molecule has 1 aliphatic rings. The molecule has 0 spiro atoms. The normalized spacial score (nSPS) is 18.1. The van der Waals surface area contributed by atoms with Crippen LogP contribution in [0.1, 0.15) is 41.9 Å². The van der Waals surface area contributed by atoms with Crippen molar-refractivity contribution in [2.24, 2.45) is 10.7 Å². The van der Waals surface area contributed by atoms with Gasteiger partial charge in [0.05, 0.1) is 18.2 Å². The number of hydrogen-bond donors (Lipinski definition) is 1. The van der Waals surface area contributed by atoms with E-state index in [2.05, 4.69) is 21.8 Å². The highest BCUT2D eigenvalue weighted by molar-refractivity contribution is 5.99. The zero-order valence-corrected chi connectivity index (χ0v) is 17.6. The van der Waals surface area contributed by atoms with Crippen LogP contribution in [0.5, 0.6) is 5.75 Å². The molecule has 0 saturated carbocycles. The predicted octanol–water partition coefficient (Wildman–Crippen LogP) is 2.44. The molecule has 160 valence electrons. The minimum Gasteiger partial charge on any atom is -0.479 e. The first kappa shape index (κ1) is 22.0. The van der Waals surface area contributed by atoms with E-state index >= 15 is 0 Å². The van der Waals surface area contributed by atoms with E-state index in [1.54, 1.807) is 32.0 Å². The van der Waals surface area contributed by atoms with Gasteiger partial charge in [0.2, 0.25) is 5.91 Å². The number of benzene rings is 1. The van der Waals surface area contributed by atoms with Crippen molar-refractivity contribution in [1.82, 2.24) is 9.88 Å². The van der Waals surface area contributed by atoms with E-state index in [1.165, 1.54) is 30.3 Å². The van der Waals surface area contributed by atoms with Gasteiger partial charge in [-0.2, -0.15) is 0 Å². The van der Waals surface area contributed by atoms with Crippen LogP contribution in [0.3, 0.4) is 0 Å². The van der Waals surface area contributed by atoms with Crippen LogP contribution in [-0.2, 0) is 16.8 Å². The standard InChI is InChI=1S/C23H23FN4O3/c1-4-5-10-31-16-7-9-19(26-14-16)20(29)12-15-6-8-18(24)17(11-15)23(2)13-21(30)28(3)22(25)27-23/h6-9,11,14H,10,12-13H2,1-3H3,(H2,25,27). The Morgan fingerprint density at radius 2 is 2.13 bits per heavy atom. The molecule has 2 N–H and O–H groups in total. The highest BCUT2D eigenvalue weighted by Crippen LogP contribution is 2.35. The van der Waals surface area contributed by atoms with Crippen LogP contribution >= 0.6 is 0 Å². The van der Waals surface area contributed by atoms with Gasteiger partial charge < -0.3 is 10.5 Å². The van der Waals surface area contributed by atoms with Gasteiger partial charge >= 0.3 is 0 Å². The number of amides is 1. The van der Waals surface area contributed by atoms with Gasteiger partial charge in [0, 0.05) is 19.0 Å². The van der Waals surface area contributed by atoms with Gasteiger partial charge in [-0.1, -0.05) is 12.0 Å². The van der Waals surface area contributed by atoms with Gasteiger partial charge in [0.25, 0.3) is 0 Å². The molecule has 1 unspecified atom stereocenters. The molecular formula is C23H23FN4O3. The van der Waals surface area contributed by atoms with E-state index in [1.807, 2.05) is 0 Å². The molecule has 3 rings (SSSR count). The number of Topliss-reactive ketones (excluding diaryl/α,β-unsaturated/α-hetero) is 1. The second-order valence-corrected chi connectivity index (χ2v) is 7.38. The maximum absolute atomic E-state index is 14.6. The maximum Gasteiger partial charge on any atom is 0.231 e. The molecule has 7 nitrogen and oxygen atoms in total. The summed E-state index contributed by atoms with van der Waals surface area (Å²) in [6.45, 7) is 3.61. The number of rotatable bonds is 6. The fourth-order valence-electron chi connectivity index (χ4n) is 3.26. The Balaban J connectivity index is 1.80. The molecule has 1 aliphatic heterocycles. The summed E-state index contributed by atoms with van der Waals surface area (Å²) < 4.78 is 20.0. The zero-order valence-electron chi connectivity index (χ0n) is 17.6. The van der Waals surface area contributed by atoms with Gasteiger partial charge in [-0.25, -0.2) is 14.4 Å². The fourth-order valence-corrected chi connectivity index (χ4v) is 3.26. The number of nitrogens with two attached hydrogens (primary N) is 1. The number of halogens is 1. The second kappa shape index (κ2) is 8.96. The fraction of sp³-hybridized carbons (Fsp3) is 0.304. The summed E-state index contributed by atoms with van der Waals surface area (Å²) in [6, 6.07) is 7.59. The number of aromatic nitrogens is 1. The summed E-state index contributed by atoms with van der Waals surface area (Å²) in [6.07, 6.45) is 1.46. The van der Waals surface area contributed by atoms with E-state index in [-0.39, 0.29) is 48.4 Å². The molecule has 0 aliphatic carbocycles. The first-order valence-electron chi connectivity index (χ1n) is 9.66. The van der Waals surface area contributed by atoms with Crippen LogP contribution in [0.2, 0.25) is 0 Å². The Bertz CT molecular complexity index is 1100. The Labute approximate surface area is 180 Å². The largest absolute Gasteiger partial charge is 0.479 e. The molecule has 1 atom stereocenters. The van der Waals surface area contributed by atoms with Crippen LogP contribution in [-0.4, -0.2) is 41.2 Å². The van der Waals surface area contributed by atoms with Crippen LogP contribution in [0.4, 0.5) is 4.39 Å². The van der Waals surface area contributed by atoms with E-state index in [4.69, 9.17) is 10.5 Å².